The first-order chi connectivity index (χ1) is 22.5. The number of aromatic nitrogens is 5. The van der Waals surface area contributed by atoms with Crippen molar-refractivity contribution in [3.8, 4) is 17.1 Å². The quantitative estimate of drug-likeness (QED) is 0.103. The Morgan fingerprint density at radius 3 is 2.55 bits per heavy atom. The van der Waals surface area contributed by atoms with Crippen molar-refractivity contribution in [1.29, 1.82) is 0 Å². The van der Waals surface area contributed by atoms with Crippen LogP contribution in [0, 0.1) is 19.3 Å². The lowest BCUT2D eigenvalue weighted by Gasteiger charge is -2.22. The Morgan fingerprint density at radius 2 is 1.83 bits per heavy atom. The largest absolute Gasteiger partial charge is 0.478 e. The number of carboxylic acid groups (broad SMARTS) is 1. The van der Waals surface area contributed by atoms with Crippen LogP contribution in [0.5, 0.6) is 5.88 Å². The van der Waals surface area contributed by atoms with Gasteiger partial charge in [-0.15, -0.1) is 0 Å². The molecular formula is C35H39N7O4S. The van der Waals surface area contributed by atoms with Crippen molar-refractivity contribution >= 4 is 35.2 Å². The second-order valence-corrected chi connectivity index (χ2v) is 13.7. The highest BCUT2D eigenvalue weighted by Gasteiger charge is 2.39. The number of hydrogen-bond acceptors (Lipinski definition) is 11. The molecule has 0 saturated heterocycles. The molecule has 3 aromatic heterocycles. The zero-order chi connectivity index (χ0) is 33.1. The van der Waals surface area contributed by atoms with Crippen LogP contribution in [-0.4, -0.2) is 48.6 Å². The average Bonchev–Trinajstić information content (AvgIpc) is 3.61. The van der Waals surface area contributed by atoms with Crippen molar-refractivity contribution in [2.75, 3.05) is 11.3 Å². The highest BCUT2D eigenvalue weighted by Crippen LogP contribution is 2.49. The molecule has 2 aromatic carbocycles. The Kier molecular flexibility index (Phi) is 9.42. The van der Waals surface area contributed by atoms with Gasteiger partial charge >= 0.3 is 5.97 Å². The number of nitrogens with one attached hydrogen (secondary N) is 2. The highest BCUT2D eigenvalue weighted by atomic mass is 32.2. The van der Waals surface area contributed by atoms with Crippen molar-refractivity contribution < 1.29 is 19.1 Å². The van der Waals surface area contributed by atoms with Crippen LogP contribution in [0.15, 0.2) is 64.0 Å². The molecule has 1 unspecified atom stereocenters. The van der Waals surface area contributed by atoms with Gasteiger partial charge in [-0.25, -0.2) is 19.7 Å². The van der Waals surface area contributed by atoms with E-state index in [9.17, 15) is 9.90 Å². The number of anilines is 1. The van der Waals surface area contributed by atoms with Gasteiger partial charge in [-0.1, -0.05) is 45.0 Å². The number of rotatable bonds is 14. The molecule has 0 radical (unpaired) electrons. The van der Waals surface area contributed by atoms with E-state index in [-0.39, 0.29) is 22.9 Å². The van der Waals surface area contributed by atoms with Crippen LogP contribution in [0.2, 0.25) is 0 Å². The summed E-state index contributed by atoms with van der Waals surface area (Å²) in [4.78, 5) is 35.3. The first-order valence-electron chi connectivity index (χ1n) is 15.8. The second kappa shape index (κ2) is 13.7. The Bertz CT molecular complexity index is 1890. The maximum Gasteiger partial charge on any atom is 0.335 e. The number of aryl methyl sites for hydroxylation is 2. The van der Waals surface area contributed by atoms with Crippen LogP contribution in [-0.2, 0) is 6.54 Å². The van der Waals surface area contributed by atoms with Gasteiger partial charge in [0.25, 0.3) is 5.71 Å². The third-order valence-corrected chi connectivity index (χ3v) is 9.09. The number of carboxylic acids is 1. The molecule has 0 spiro atoms. The number of aromatic carboxylic acids is 1. The number of carbonyl (C=O) groups is 1. The van der Waals surface area contributed by atoms with Crippen LogP contribution in [0.1, 0.15) is 79.0 Å². The van der Waals surface area contributed by atoms with E-state index in [0.717, 1.165) is 39.4 Å². The average molecular weight is 654 g/mol. The summed E-state index contributed by atoms with van der Waals surface area (Å²) in [5.74, 6) is 0.608. The lowest BCUT2D eigenvalue weighted by atomic mass is 9.99. The molecule has 47 heavy (non-hydrogen) atoms. The van der Waals surface area contributed by atoms with Gasteiger partial charge in [0.1, 0.15) is 6.61 Å². The number of hydrogen-bond donors (Lipinski definition) is 3. The number of fused-ring (bicyclic) bond motifs is 1. The summed E-state index contributed by atoms with van der Waals surface area (Å²) in [5, 5.41) is 13.0. The maximum absolute atomic E-state index is 11.5. The summed E-state index contributed by atoms with van der Waals surface area (Å²) in [6.07, 6.45) is 5.04. The predicted molar refractivity (Wildman–Crippen MR) is 182 cm³/mol. The molecule has 1 aliphatic carbocycles. The molecular weight excluding hydrogens is 614 g/mol. The smallest absolute Gasteiger partial charge is 0.335 e. The van der Waals surface area contributed by atoms with E-state index in [1.807, 2.05) is 32.0 Å². The zero-order valence-electron chi connectivity index (χ0n) is 27.2. The molecule has 1 saturated carbocycles. The van der Waals surface area contributed by atoms with E-state index < -0.39 is 5.97 Å². The number of oxazole rings is 1. The fourth-order valence-electron chi connectivity index (χ4n) is 5.43. The third kappa shape index (κ3) is 8.06. The molecule has 1 fully saturated rings. The normalized spacial score (nSPS) is 14.3. The Balaban J connectivity index is 1.21. The van der Waals surface area contributed by atoms with Gasteiger partial charge in [0, 0.05) is 35.0 Å². The fourth-order valence-corrected chi connectivity index (χ4v) is 6.07. The van der Waals surface area contributed by atoms with Crippen LogP contribution in [0.3, 0.4) is 0 Å². The molecule has 0 amide bonds. The van der Waals surface area contributed by atoms with Gasteiger partial charge in [0.2, 0.25) is 23.4 Å². The van der Waals surface area contributed by atoms with Crippen LogP contribution in [0.4, 0.5) is 5.95 Å². The van der Waals surface area contributed by atoms with E-state index in [1.54, 1.807) is 24.4 Å². The van der Waals surface area contributed by atoms with E-state index in [4.69, 9.17) is 19.1 Å². The molecule has 0 bridgehead atoms. The molecule has 3 N–H and O–H groups in total. The van der Waals surface area contributed by atoms with Crippen molar-refractivity contribution in [1.82, 2.24) is 30.2 Å². The SMILES string of the molecule is Cc1cccc(C)c1-c1cc(OCC(CC2(C)CC2)NCc2cnc3oc(C(C)C)nc3n2)nc(NSc2cccc(C(=O)O)c2)n1. The minimum absolute atomic E-state index is 0.0340. The van der Waals surface area contributed by atoms with Gasteiger partial charge < -0.3 is 19.6 Å². The molecule has 5 aromatic rings. The number of ether oxygens (including phenoxy) is 1. The van der Waals surface area contributed by atoms with Crippen molar-refractivity contribution in [3.05, 3.63) is 83.0 Å². The van der Waals surface area contributed by atoms with Crippen LogP contribution < -0.4 is 14.8 Å². The molecule has 244 valence electrons. The van der Waals surface area contributed by atoms with Gasteiger partial charge in [-0.2, -0.15) is 9.97 Å². The lowest BCUT2D eigenvalue weighted by Crippen LogP contribution is -2.36. The van der Waals surface area contributed by atoms with E-state index in [1.165, 1.54) is 24.8 Å². The zero-order valence-corrected chi connectivity index (χ0v) is 28.0. The van der Waals surface area contributed by atoms with Gasteiger partial charge in [0.15, 0.2) is 0 Å². The van der Waals surface area contributed by atoms with Crippen molar-refractivity contribution in [2.24, 2.45) is 5.41 Å². The first-order valence-corrected chi connectivity index (χ1v) is 16.6. The summed E-state index contributed by atoms with van der Waals surface area (Å²) < 4.78 is 15.3. The van der Waals surface area contributed by atoms with E-state index >= 15 is 0 Å². The Labute approximate surface area is 278 Å². The van der Waals surface area contributed by atoms with Crippen LogP contribution >= 0.6 is 11.9 Å². The summed E-state index contributed by atoms with van der Waals surface area (Å²) in [7, 11) is 0. The third-order valence-electron chi connectivity index (χ3n) is 8.31. The maximum atomic E-state index is 11.5. The molecule has 1 atom stereocenters. The summed E-state index contributed by atoms with van der Waals surface area (Å²) in [6.45, 7) is 11.4. The van der Waals surface area contributed by atoms with Crippen molar-refractivity contribution in [2.45, 2.75) is 77.3 Å². The van der Waals surface area contributed by atoms with Gasteiger partial charge in [-0.3, -0.25) is 4.72 Å². The standard InChI is InChI=1S/C35H39N7O4S/c1-20(2)31-41-30-32(46-31)37-18-25(38-30)17-36-24(16-35(5)12-13-35)19-45-28-15-27(29-21(3)8-6-9-22(29)4)39-34(40-28)42-47-26-11-7-10-23(14-26)33(43)44/h6-11,14-15,18,20,24,36H,12-13,16-17,19H2,1-5H3,(H,43,44)(H,39,40,42). The van der Waals surface area contributed by atoms with Crippen molar-refractivity contribution in [3.63, 3.8) is 0 Å². The predicted octanol–water partition coefficient (Wildman–Crippen LogP) is 7.36. The number of benzene rings is 2. The van der Waals surface area contributed by atoms with Gasteiger partial charge in [-0.05, 0) is 79.8 Å². The summed E-state index contributed by atoms with van der Waals surface area (Å²) in [6, 6.07) is 14.8. The Hall–Kier alpha value is -4.55. The second-order valence-electron chi connectivity index (χ2n) is 12.8. The molecule has 1 aliphatic rings. The molecule has 0 aliphatic heterocycles. The number of nitrogens with zero attached hydrogens (tertiary/aromatic N) is 5. The summed E-state index contributed by atoms with van der Waals surface area (Å²) >= 11 is 1.25. The molecule has 11 nitrogen and oxygen atoms in total. The highest BCUT2D eigenvalue weighted by molar-refractivity contribution is 8.00. The van der Waals surface area contributed by atoms with E-state index in [0.29, 0.717) is 42.2 Å². The lowest BCUT2D eigenvalue weighted by molar-refractivity contribution is 0.0696. The fraction of sp³-hybridized carbons (Fsp3) is 0.371. The molecule has 12 heteroatoms. The Morgan fingerprint density at radius 1 is 1.06 bits per heavy atom. The summed E-state index contributed by atoms with van der Waals surface area (Å²) in [5.41, 5.74) is 6.17. The van der Waals surface area contributed by atoms with Gasteiger partial charge in [0.05, 0.1) is 23.1 Å². The van der Waals surface area contributed by atoms with E-state index in [2.05, 4.69) is 57.9 Å². The minimum atomic E-state index is -0.981. The first kappa shape index (κ1) is 32.4. The topological polar surface area (TPSA) is 148 Å². The molecule has 6 rings (SSSR count). The van der Waals surface area contributed by atoms with Crippen LogP contribution in [0.25, 0.3) is 22.6 Å². The molecule has 3 heterocycles. The minimum Gasteiger partial charge on any atom is -0.478 e. The monoisotopic (exact) mass is 653 g/mol.